The van der Waals surface area contributed by atoms with Gasteiger partial charge in [0.25, 0.3) is 0 Å². The minimum absolute atomic E-state index is 0.473. The molecule has 0 unspecified atom stereocenters. The third-order valence-electron chi connectivity index (χ3n) is 6.94. The monoisotopic (exact) mass is 534 g/mol. The Morgan fingerprint density at radius 2 is 1.72 bits per heavy atom. The molecule has 0 saturated heterocycles. The summed E-state index contributed by atoms with van der Waals surface area (Å²) in [5.41, 5.74) is 18.5. The molecule has 3 nitrogen and oxygen atoms in total. The maximum Gasteiger partial charge on any atom is 0.110 e. The molecule has 4 aliphatic rings. The molecule has 0 aromatic heterocycles. The van der Waals surface area contributed by atoms with Gasteiger partial charge in [0.1, 0.15) is 6.67 Å². The summed E-state index contributed by atoms with van der Waals surface area (Å²) in [7, 11) is -0.473. The fourth-order valence-corrected chi connectivity index (χ4v) is 5.92. The molecule has 6 rings (SSSR count). The number of aliphatic imine (C=N–C) groups is 1. The minimum Gasteiger partial charge on any atom is -0.480 e. The number of hydrogen-bond donors (Lipinski definition) is 1. The van der Waals surface area contributed by atoms with Crippen LogP contribution in [0.1, 0.15) is 62.8 Å². The summed E-state index contributed by atoms with van der Waals surface area (Å²) in [5, 5.41) is 1.92. The molecule has 0 spiro atoms. The van der Waals surface area contributed by atoms with E-state index in [0.29, 0.717) is 6.67 Å². The number of rotatable bonds is 2. The van der Waals surface area contributed by atoms with E-state index in [9.17, 15) is 0 Å². The summed E-state index contributed by atoms with van der Waals surface area (Å²) < 4.78 is 3.19. The quantitative estimate of drug-likeness (QED) is 0.334. The summed E-state index contributed by atoms with van der Waals surface area (Å²) in [6.07, 6.45) is 22.4. The van der Waals surface area contributed by atoms with E-state index in [0.717, 1.165) is 25.8 Å². The lowest BCUT2D eigenvalue weighted by Gasteiger charge is -2.22. The zero-order valence-electron chi connectivity index (χ0n) is 23.7. The van der Waals surface area contributed by atoms with Crippen LogP contribution in [0.25, 0.3) is 22.3 Å². The molecule has 2 aromatic rings. The van der Waals surface area contributed by atoms with Crippen molar-refractivity contribution in [1.82, 2.24) is 9.62 Å². The summed E-state index contributed by atoms with van der Waals surface area (Å²) in [5.74, 6) is 0. The average Bonchev–Trinajstić information content (AvgIpc) is 3.13. The van der Waals surface area contributed by atoms with E-state index in [-0.39, 0.29) is 0 Å². The fraction of sp³-hybridized carbons (Fsp3) is 0.257. The zero-order chi connectivity index (χ0) is 27.6. The number of fused-ring (bicyclic) bond motifs is 3. The van der Waals surface area contributed by atoms with Gasteiger partial charge in [0.05, 0.1) is 0 Å². The van der Waals surface area contributed by atoms with Gasteiger partial charge in [-0.05, 0) is 82.1 Å². The van der Waals surface area contributed by atoms with Gasteiger partial charge in [-0.15, -0.1) is 0 Å². The molecular weight excluding hydrogens is 494 g/mol. The fourth-order valence-electron chi connectivity index (χ4n) is 5.34. The van der Waals surface area contributed by atoms with Gasteiger partial charge in [0.2, 0.25) is 0 Å². The normalized spacial score (nSPS) is 19.9. The second-order valence-electron chi connectivity index (χ2n) is 9.02. The number of nitrogens with zero attached hydrogens (tertiary/aromatic N) is 2. The number of hydrogen-bond acceptors (Lipinski definition) is 4. The largest absolute Gasteiger partial charge is 0.480 e. The molecule has 3 aliphatic carbocycles. The molecule has 2 aromatic carbocycles. The molecule has 202 valence electrons. The smallest absolute Gasteiger partial charge is 0.110 e. The van der Waals surface area contributed by atoms with E-state index >= 15 is 0 Å². The molecule has 0 radical (unpaired) electrons. The maximum absolute atomic E-state index is 6.01. The highest BCUT2D eigenvalue weighted by atomic mass is 32.2. The third-order valence-corrected chi connectivity index (χ3v) is 7.80. The number of benzene rings is 2. The maximum atomic E-state index is 6.01. The van der Waals surface area contributed by atoms with E-state index in [1.165, 1.54) is 50.2 Å². The Morgan fingerprint density at radius 3 is 2.56 bits per heavy atom. The van der Waals surface area contributed by atoms with Crippen LogP contribution in [0.15, 0.2) is 101 Å². The Morgan fingerprint density at radius 1 is 0.923 bits per heavy atom. The van der Waals surface area contributed by atoms with E-state index in [4.69, 9.17) is 5.69 Å². The molecular formula is C35H40N3S-. The molecule has 1 heterocycles. The molecule has 0 bridgehead atoms. The summed E-state index contributed by atoms with van der Waals surface area (Å²) in [4.78, 5) is 6.84. The standard InChI is InChI=1S/C31H28N3S.2C2H6/c1-35-21-7-18-32-22-34(20-6-19-33-35)24-9-4-8-23(14-15-24)25-16-17-30-27-11-3-2-10-26(27)29-13-5-12-28(25)31(29)30;2*1-2/h1-4,6-7,9-11,13-19,21,33H,5,8,12,20,22H2;2*1-2H3/q-1;;/b19-6-,21-7-,32-18-;;. The lowest BCUT2D eigenvalue weighted by Crippen LogP contribution is -2.22. The molecule has 4 heteroatoms. The van der Waals surface area contributed by atoms with Gasteiger partial charge < -0.3 is 20.1 Å². The Balaban J connectivity index is 0.000000845. The van der Waals surface area contributed by atoms with Crippen molar-refractivity contribution >= 4 is 27.8 Å². The van der Waals surface area contributed by atoms with Gasteiger partial charge in [-0.3, -0.25) is 10.7 Å². The summed E-state index contributed by atoms with van der Waals surface area (Å²) >= 11 is 0. The Kier molecular flexibility index (Phi) is 10.1. The number of nitrogens with one attached hydrogen (secondary N) is 1. The van der Waals surface area contributed by atoms with Crippen LogP contribution in [-0.4, -0.2) is 24.3 Å². The highest BCUT2D eigenvalue weighted by Gasteiger charge is 2.29. The minimum atomic E-state index is -0.473. The van der Waals surface area contributed by atoms with E-state index in [1.807, 2.05) is 51.6 Å². The van der Waals surface area contributed by atoms with Gasteiger partial charge >= 0.3 is 0 Å². The summed E-state index contributed by atoms with van der Waals surface area (Å²) in [6.45, 7) is 9.36. The molecule has 39 heavy (non-hydrogen) atoms. The SMILES string of the molecule is C#[S-]1/C=C\C=N/CN(C2=CC=C(c3ccc4c5c3CCC=C5c3ccccc3-4)CC=C2)C/C=C\N1.CC.CC. The van der Waals surface area contributed by atoms with Crippen LogP contribution in [-0.2, 0) is 16.9 Å². The van der Waals surface area contributed by atoms with Gasteiger partial charge in [0, 0.05) is 18.5 Å². The number of allylic oxidation sites excluding steroid dienone is 7. The zero-order valence-corrected chi connectivity index (χ0v) is 24.5. The first-order chi connectivity index (χ1) is 19.3. The molecule has 0 atom stereocenters. The summed E-state index contributed by atoms with van der Waals surface area (Å²) in [6, 6.07) is 13.5. The van der Waals surface area contributed by atoms with Crippen molar-refractivity contribution in [3.05, 3.63) is 118 Å². The Bertz CT molecular complexity index is 1470. The second-order valence-corrected chi connectivity index (χ2v) is 10.3. The van der Waals surface area contributed by atoms with E-state index < -0.39 is 10.5 Å². The second kappa shape index (κ2) is 13.9. The van der Waals surface area contributed by atoms with Crippen LogP contribution in [0, 0.1) is 5.69 Å². The first-order valence-electron chi connectivity index (χ1n) is 14.1. The molecule has 1 N–H and O–H groups in total. The molecule has 0 amide bonds. The molecule has 1 aliphatic heterocycles. The molecule has 0 fully saturated rings. The lowest BCUT2D eigenvalue weighted by molar-refractivity contribution is 0.406. The van der Waals surface area contributed by atoms with Gasteiger partial charge in [-0.25, -0.2) is 0 Å². The van der Waals surface area contributed by atoms with Crippen molar-refractivity contribution in [2.24, 2.45) is 4.99 Å². The molecule has 0 saturated carbocycles. The highest BCUT2D eigenvalue weighted by molar-refractivity contribution is 7.87. The van der Waals surface area contributed by atoms with Crippen molar-refractivity contribution in [2.75, 3.05) is 13.2 Å². The first-order valence-corrected chi connectivity index (χ1v) is 15.5. The predicted octanol–water partition coefficient (Wildman–Crippen LogP) is 8.41. The van der Waals surface area contributed by atoms with Gasteiger partial charge in [-0.1, -0.05) is 94.5 Å². The van der Waals surface area contributed by atoms with Crippen molar-refractivity contribution in [1.29, 1.82) is 0 Å². The average molecular weight is 535 g/mol. The van der Waals surface area contributed by atoms with Crippen molar-refractivity contribution in [3.63, 3.8) is 0 Å². The van der Waals surface area contributed by atoms with Crippen LogP contribution >= 0.6 is 0 Å². The van der Waals surface area contributed by atoms with E-state index in [1.54, 1.807) is 0 Å². The van der Waals surface area contributed by atoms with Crippen molar-refractivity contribution in [3.8, 4) is 16.8 Å². The predicted molar refractivity (Wildman–Crippen MR) is 174 cm³/mol. The highest BCUT2D eigenvalue weighted by Crippen LogP contribution is 2.49. The third kappa shape index (κ3) is 6.14. The van der Waals surface area contributed by atoms with Crippen LogP contribution in [0.5, 0.6) is 0 Å². The first kappa shape index (κ1) is 28.3. The van der Waals surface area contributed by atoms with Crippen LogP contribution < -0.4 is 4.72 Å². The van der Waals surface area contributed by atoms with Crippen LogP contribution in [0.3, 0.4) is 0 Å². The van der Waals surface area contributed by atoms with Crippen LogP contribution in [0.4, 0.5) is 0 Å². The van der Waals surface area contributed by atoms with Crippen molar-refractivity contribution in [2.45, 2.75) is 47.0 Å². The van der Waals surface area contributed by atoms with E-state index in [2.05, 4.69) is 87.5 Å². The topological polar surface area (TPSA) is 27.6 Å². The van der Waals surface area contributed by atoms with Crippen LogP contribution in [0.2, 0.25) is 0 Å². The van der Waals surface area contributed by atoms with Gasteiger partial charge in [0.15, 0.2) is 0 Å². The lowest BCUT2D eigenvalue weighted by atomic mass is 9.84. The Hall–Kier alpha value is -3.72. The van der Waals surface area contributed by atoms with Gasteiger partial charge in [-0.2, -0.15) is 5.41 Å². The van der Waals surface area contributed by atoms with Crippen molar-refractivity contribution < 1.29 is 0 Å². The Labute approximate surface area is 237 Å².